The fraction of sp³-hybridized carbons (Fsp3) is 0.667. The van der Waals surface area contributed by atoms with Gasteiger partial charge in [-0.1, -0.05) is 33.6 Å². The van der Waals surface area contributed by atoms with Crippen LogP contribution in [-0.4, -0.2) is 29.4 Å². The van der Waals surface area contributed by atoms with Gasteiger partial charge >= 0.3 is 0 Å². The third-order valence-corrected chi connectivity index (χ3v) is 4.01. The molecule has 1 aromatic heterocycles. The number of carbonyl (C=O) groups excluding carboxylic acids is 2. The molecule has 1 aromatic rings. The second kappa shape index (κ2) is 13.4. The fourth-order valence-electron chi connectivity index (χ4n) is 1.84. The second-order valence-electron chi connectivity index (χ2n) is 5.61. The number of nitrogens with zero attached hydrogens (tertiary/aromatic N) is 1. The number of halogens is 2. The predicted octanol–water partition coefficient (Wildman–Crippen LogP) is 2.76. The van der Waals surface area contributed by atoms with Gasteiger partial charge in [0.1, 0.15) is 0 Å². The van der Waals surface area contributed by atoms with Crippen molar-refractivity contribution in [3.05, 3.63) is 11.1 Å². The van der Waals surface area contributed by atoms with Gasteiger partial charge in [0.05, 0.1) is 12.1 Å². The van der Waals surface area contributed by atoms with E-state index in [1.165, 1.54) is 11.3 Å². The first-order valence-corrected chi connectivity index (χ1v) is 8.58. The highest BCUT2D eigenvalue weighted by atomic mass is 35.5. The second-order valence-corrected chi connectivity index (χ2v) is 6.47. The third-order valence-electron chi connectivity index (χ3n) is 3.20. The average molecular weight is 399 g/mol. The van der Waals surface area contributed by atoms with Gasteiger partial charge in [0.2, 0.25) is 11.8 Å². The molecule has 6 nitrogen and oxygen atoms in total. The topological polar surface area (TPSA) is 97.1 Å². The molecular formula is C15H28Cl2N4O2S. The minimum Gasteiger partial charge on any atom is -0.352 e. The molecule has 0 spiro atoms. The van der Waals surface area contributed by atoms with Crippen molar-refractivity contribution in [1.29, 1.82) is 0 Å². The number of amides is 2. The van der Waals surface area contributed by atoms with Crippen molar-refractivity contribution in [2.45, 2.75) is 52.5 Å². The zero-order valence-electron chi connectivity index (χ0n) is 14.3. The van der Waals surface area contributed by atoms with Crippen LogP contribution >= 0.6 is 36.2 Å². The molecule has 140 valence electrons. The Labute approximate surface area is 160 Å². The van der Waals surface area contributed by atoms with Gasteiger partial charge in [-0.25, -0.2) is 4.98 Å². The summed E-state index contributed by atoms with van der Waals surface area (Å²) in [5.41, 5.74) is 6.33. The number of hydrogen-bond acceptors (Lipinski definition) is 5. The molecule has 24 heavy (non-hydrogen) atoms. The quantitative estimate of drug-likeness (QED) is 0.595. The van der Waals surface area contributed by atoms with Crippen LogP contribution in [0.3, 0.4) is 0 Å². The number of nitrogens with one attached hydrogen (secondary N) is 2. The Morgan fingerprint density at radius 1 is 1.33 bits per heavy atom. The zero-order valence-corrected chi connectivity index (χ0v) is 16.8. The van der Waals surface area contributed by atoms with Crippen LogP contribution in [0.5, 0.6) is 0 Å². The maximum Gasteiger partial charge on any atom is 0.228 e. The largest absolute Gasteiger partial charge is 0.352 e. The van der Waals surface area contributed by atoms with Crippen LogP contribution < -0.4 is 16.4 Å². The standard InChI is InChI=1S/C15H26N4O2S.2ClH/c1-4-5-6-11(8-16)17-13(20)7-12-9-22-15(18-12)19-14(21)10(2)3;;/h9-11H,4-8,16H2,1-3H3,(H,17,20)(H,18,19,21);2*1H. The number of nitrogens with two attached hydrogens (primary N) is 1. The van der Waals surface area contributed by atoms with Crippen LogP contribution in [-0.2, 0) is 16.0 Å². The van der Waals surface area contributed by atoms with E-state index in [1.54, 1.807) is 5.38 Å². The van der Waals surface area contributed by atoms with Gasteiger partial charge in [-0.3, -0.25) is 9.59 Å². The van der Waals surface area contributed by atoms with Gasteiger partial charge in [0, 0.05) is 23.9 Å². The van der Waals surface area contributed by atoms with Crippen molar-refractivity contribution in [3.63, 3.8) is 0 Å². The molecule has 1 unspecified atom stereocenters. The molecule has 0 aromatic carbocycles. The van der Waals surface area contributed by atoms with Gasteiger partial charge in [0.15, 0.2) is 5.13 Å². The van der Waals surface area contributed by atoms with Gasteiger partial charge < -0.3 is 16.4 Å². The summed E-state index contributed by atoms with van der Waals surface area (Å²) < 4.78 is 0. The van der Waals surface area contributed by atoms with Gasteiger partial charge in [-0.15, -0.1) is 36.2 Å². The summed E-state index contributed by atoms with van der Waals surface area (Å²) >= 11 is 1.33. The summed E-state index contributed by atoms with van der Waals surface area (Å²) in [5.74, 6) is -0.258. The van der Waals surface area contributed by atoms with Gasteiger partial charge in [-0.05, 0) is 6.42 Å². The lowest BCUT2D eigenvalue weighted by Crippen LogP contribution is -2.40. The van der Waals surface area contributed by atoms with Crippen molar-refractivity contribution in [2.24, 2.45) is 11.7 Å². The lowest BCUT2D eigenvalue weighted by molar-refractivity contribution is -0.121. The molecule has 9 heteroatoms. The molecule has 1 rings (SSSR count). The van der Waals surface area contributed by atoms with Crippen molar-refractivity contribution in [2.75, 3.05) is 11.9 Å². The van der Waals surface area contributed by atoms with Crippen molar-refractivity contribution in [1.82, 2.24) is 10.3 Å². The van der Waals surface area contributed by atoms with Crippen LogP contribution in [0.2, 0.25) is 0 Å². The maximum atomic E-state index is 12.0. The number of carbonyl (C=O) groups is 2. The predicted molar refractivity (Wildman–Crippen MR) is 104 cm³/mol. The van der Waals surface area contributed by atoms with E-state index in [0.29, 0.717) is 17.4 Å². The molecule has 1 heterocycles. The molecule has 4 N–H and O–H groups in total. The summed E-state index contributed by atoms with van der Waals surface area (Å²) in [6.07, 6.45) is 3.23. The van der Waals surface area contributed by atoms with Crippen LogP contribution in [0.15, 0.2) is 5.38 Å². The summed E-state index contributed by atoms with van der Waals surface area (Å²) in [6, 6.07) is 0.0196. The molecule has 1 atom stereocenters. The lowest BCUT2D eigenvalue weighted by atomic mass is 10.1. The van der Waals surface area contributed by atoms with E-state index in [9.17, 15) is 9.59 Å². The van der Waals surface area contributed by atoms with Crippen LogP contribution in [0.25, 0.3) is 0 Å². The molecule has 0 aliphatic heterocycles. The number of aromatic nitrogens is 1. The van der Waals surface area contributed by atoms with E-state index < -0.39 is 0 Å². The number of unbranched alkanes of at least 4 members (excludes halogenated alkanes) is 1. The number of thiazole rings is 1. The Morgan fingerprint density at radius 2 is 2.00 bits per heavy atom. The molecule has 0 aliphatic carbocycles. The number of rotatable bonds is 9. The molecule has 0 saturated carbocycles. The van der Waals surface area contributed by atoms with Crippen LogP contribution in [0.1, 0.15) is 45.7 Å². The summed E-state index contributed by atoms with van der Waals surface area (Å²) in [5, 5.41) is 7.98. The summed E-state index contributed by atoms with van der Waals surface area (Å²) in [7, 11) is 0. The lowest BCUT2D eigenvalue weighted by Gasteiger charge is -2.15. The average Bonchev–Trinajstić information content (AvgIpc) is 2.90. The summed E-state index contributed by atoms with van der Waals surface area (Å²) in [4.78, 5) is 27.8. The molecule has 0 fully saturated rings. The SMILES string of the molecule is CCCCC(CN)NC(=O)Cc1csc(NC(=O)C(C)C)n1.Cl.Cl. The normalized spacial score (nSPS) is 11.2. The Hall–Kier alpha value is -0.890. The Kier molecular flexibility index (Phi) is 14.2. The van der Waals surface area contributed by atoms with E-state index in [1.807, 2.05) is 13.8 Å². The summed E-state index contributed by atoms with van der Waals surface area (Å²) in [6.45, 7) is 6.19. The minimum atomic E-state index is -0.0977. The Bertz CT molecular complexity index is 498. The van der Waals surface area contributed by atoms with E-state index in [4.69, 9.17) is 5.73 Å². The van der Waals surface area contributed by atoms with Gasteiger partial charge in [-0.2, -0.15) is 0 Å². The van der Waals surface area contributed by atoms with Crippen molar-refractivity contribution in [3.8, 4) is 0 Å². The first kappa shape index (κ1) is 25.4. The Morgan fingerprint density at radius 3 is 2.54 bits per heavy atom. The maximum absolute atomic E-state index is 12.0. The molecular weight excluding hydrogens is 371 g/mol. The monoisotopic (exact) mass is 398 g/mol. The smallest absolute Gasteiger partial charge is 0.228 e. The molecule has 0 bridgehead atoms. The highest BCUT2D eigenvalue weighted by molar-refractivity contribution is 7.13. The van der Waals surface area contributed by atoms with E-state index in [0.717, 1.165) is 19.3 Å². The number of anilines is 1. The number of hydrogen-bond donors (Lipinski definition) is 3. The highest BCUT2D eigenvalue weighted by Gasteiger charge is 2.14. The first-order valence-electron chi connectivity index (χ1n) is 7.70. The van der Waals surface area contributed by atoms with E-state index in [2.05, 4.69) is 22.5 Å². The first-order chi connectivity index (χ1) is 10.5. The highest BCUT2D eigenvalue weighted by Crippen LogP contribution is 2.16. The van der Waals surface area contributed by atoms with E-state index >= 15 is 0 Å². The van der Waals surface area contributed by atoms with Crippen molar-refractivity contribution >= 4 is 53.1 Å². The minimum absolute atomic E-state index is 0. The molecule has 0 aliphatic rings. The van der Waals surface area contributed by atoms with Crippen LogP contribution in [0.4, 0.5) is 5.13 Å². The van der Waals surface area contributed by atoms with Crippen LogP contribution in [0, 0.1) is 5.92 Å². The Balaban J connectivity index is 0. The van der Waals surface area contributed by atoms with E-state index in [-0.39, 0.29) is 55.0 Å². The van der Waals surface area contributed by atoms with Crippen molar-refractivity contribution < 1.29 is 9.59 Å². The fourth-order valence-corrected chi connectivity index (χ4v) is 2.55. The molecule has 2 amide bonds. The third kappa shape index (κ3) is 9.42. The molecule has 0 saturated heterocycles. The molecule has 0 radical (unpaired) electrons. The zero-order chi connectivity index (χ0) is 16.5. The van der Waals surface area contributed by atoms with Gasteiger partial charge in [0.25, 0.3) is 0 Å².